The number of nitrogens with two attached hydrogens (primary N) is 1. The second-order valence-corrected chi connectivity index (χ2v) is 5.59. The summed E-state index contributed by atoms with van der Waals surface area (Å²) in [6.07, 6.45) is 12.9. The van der Waals surface area contributed by atoms with Crippen LogP contribution in [0.25, 0.3) is 0 Å². The molecule has 1 atom stereocenters. The number of hydrogen-bond donors (Lipinski definition) is 1. The normalized spacial score (nSPS) is 20.6. The summed E-state index contributed by atoms with van der Waals surface area (Å²) in [6, 6.07) is 0.357. The Morgan fingerprint density at radius 1 is 1.47 bits per heavy atom. The van der Waals surface area contributed by atoms with E-state index < -0.39 is 0 Å². The van der Waals surface area contributed by atoms with Crippen molar-refractivity contribution in [2.75, 3.05) is 0 Å². The third kappa shape index (κ3) is 2.71. The molecule has 0 aromatic carbocycles. The van der Waals surface area contributed by atoms with E-state index in [2.05, 4.69) is 18.2 Å². The van der Waals surface area contributed by atoms with Crippen LogP contribution in [0.5, 0.6) is 0 Å². The average molecular weight is 235 g/mol. The maximum atomic E-state index is 6.45. The van der Waals surface area contributed by atoms with Gasteiger partial charge in [-0.3, -0.25) is 4.68 Å². The van der Waals surface area contributed by atoms with E-state index in [-0.39, 0.29) is 0 Å². The molecule has 0 aliphatic heterocycles. The van der Waals surface area contributed by atoms with Crippen molar-refractivity contribution in [1.82, 2.24) is 9.78 Å². The van der Waals surface area contributed by atoms with Gasteiger partial charge < -0.3 is 5.73 Å². The fourth-order valence-corrected chi connectivity index (χ4v) is 3.29. The highest BCUT2D eigenvalue weighted by Crippen LogP contribution is 2.44. The van der Waals surface area contributed by atoms with Crippen molar-refractivity contribution in [3.05, 3.63) is 18.0 Å². The van der Waals surface area contributed by atoms with Crippen molar-refractivity contribution in [1.29, 1.82) is 0 Å². The summed E-state index contributed by atoms with van der Waals surface area (Å²) in [5, 5.41) is 4.21. The van der Waals surface area contributed by atoms with Crippen molar-refractivity contribution in [3.63, 3.8) is 0 Å². The second-order valence-electron chi connectivity index (χ2n) is 5.59. The summed E-state index contributed by atoms with van der Waals surface area (Å²) in [6.45, 7) is 2.30. The Morgan fingerprint density at radius 2 is 2.18 bits per heavy atom. The molecule has 3 heteroatoms. The topological polar surface area (TPSA) is 43.8 Å². The van der Waals surface area contributed by atoms with E-state index in [0.29, 0.717) is 11.5 Å². The maximum Gasteiger partial charge on any atom is 0.0521 e. The van der Waals surface area contributed by atoms with E-state index >= 15 is 0 Å². The molecule has 0 radical (unpaired) electrons. The Bertz CT molecular complexity index is 350. The van der Waals surface area contributed by atoms with Crippen LogP contribution in [0.2, 0.25) is 0 Å². The quantitative estimate of drug-likeness (QED) is 0.852. The number of hydrogen-bond acceptors (Lipinski definition) is 2. The van der Waals surface area contributed by atoms with Gasteiger partial charge in [0.15, 0.2) is 0 Å². The third-order valence-electron chi connectivity index (χ3n) is 4.59. The standard InChI is InChI=1S/C14H25N3/c1-3-14(8-4-5-9-14)13(15)7-6-12-10-16-17(2)11-12/h10-11,13H,3-9,15H2,1-2H3. The molecule has 2 N–H and O–H groups in total. The SMILES string of the molecule is CCC1(C(N)CCc2cnn(C)c2)CCCC1. The average Bonchev–Trinajstić information content (AvgIpc) is 2.95. The van der Waals surface area contributed by atoms with Crippen molar-refractivity contribution in [2.24, 2.45) is 18.2 Å². The van der Waals surface area contributed by atoms with Crippen molar-refractivity contribution < 1.29 is 0 Å². The molecule has 1 fully saturated rings. The minimum atomic E-state index is 0.357. The lowest BCUT2D eigenvalue weighted by Gasteiger charge is -2.34. The zero-order valence-corrected chi connectivity index (χ0v) is 11.2. The van der Waals surface area contributed by atoms with E-state index in [1.807, 2.05) is 17.9 Å². The molecule has 0 saturated heterocycles. The molecule has 96 valence electrons. The van der Waals surface area contributed by atoms with Gasteiger partial charge in [-0.2, -0.15) is 5.10 Å². The Labute approximate surface area is 104 Å². The van der Waals surface area contributed by atoms with Crippen LogP contribution in [0.1, 0.15) is 51.0 Å². The van der Waals surface area contributed by atoms with E-state index in [0.717, 1.165) is 12.8 Å². The molecule has 1 unspecified atom stereocenters. The Morgan fingerprint density at radius 3 is 2.71 bits per heavy atom. The van der Waals surface area contributed by atoms with E-state index in [9.17, 15) is 0 Å². The summed E-state index contributed by atoms with van der Waals surface area (Å²) in [4.78, 5) is 0. The summed E-state index contributed by atoms with van der Waals surface area (Å²) in [7, 11) is 1.97. The molecule has 1 aliphatic carbocycles. The molecule has 2 rings (SSSR count). The van der Waals surface area contributed by atoms with Crippen molar-refractivity contribution in [3.8, 4) is 0 Å². The summed E-state index contributed by atoms with van der Waals surface area (Å²) in [5.41, 5.74) is 8.20. The highest BCUT2D eigenvalue weighted by molar-refractivity contribution is 5.05. The van der Waals surface area contributed by atoms with E-state index in [1.165, 1.54) is 37.7 Å². The first-order valence-corrected chi connectivity index (χ1v) is 6.89. The maximum absolute atomic E-state index is 6.45. The van der Waals surface area contributed by atoms with Gasteiger partial charge in [0.25, 0.3) is 0 Å². The predicted molar refractivity (Wildman–Crippen MR) is 70.7 cm³/mol. The molecule has 0 spiro atoms. The van der Waals surface area contributed by atoms with Crippen molar-refractivity contribution >= 4 is 0 Å². The first-order chi connectivity index (χ1) is 8.16. The Hall–Kier alpha value is -0.830. The number of aryl methyl sites for hydroxylation is 2. The highest BCUT2D eigenvalue weighted by Gasteiger charge is 2.37. The van der Waals surface area contributed by atoms with Gasteiger partial charge in [0.1, 0.15) is 0 Å². The summed E-state index contributed by atoms with van der Waals surface area (Å²) >= 11 is 0. The van der Waals surface area contributed by atoms with Gasteiger partial charge in [-0.25, -0.2) is 0 Å². The lowest BCUT2D eigenvalue weighted by molar-refractivity contribution is 0.211. The molecule has 3 nitrogen and oxygen atoms in total. The molecule has 1 aliphatic rings. The Kier molecular flexibility index (Phi) is 3.87. The molecule has 1 aromatic rings. The summed E-state index contributed by atoms with van der Waals surface area (Å²) in [5.74, 6) is 0. The molecule has 0 amide bonds. The van der Waals surface area contributed by atoms with Gasteiger partial charge in [0.2, 0.25) is 0 Å². The first-order valence-electron chi connectivity index (χ1n) is 6.89. The molecule has 1 heterocycles. The molecular formula is C14H25N3. The van der Waals surface area contributed by atoms with Crippen LogP contribution in [-0.4, -0.2) is 15.8 Å². The summed E-state index contributed by atoms with van der Waals surface area (Å²) < 4.78 is 1.87. The smallest absolute Gasteiger partial charge is 0.0521 e. The van der Waals surface area contributed by atoms with Gasteiger partial charge in [-0.15, -0.1) is 0 Å². The van der Waals surface area contributed by atoms with Gasteiger partial charge in [-0.1, -0.05) is 19.8 Å². The monoisotopic (exact) mass is 235 g/mol. The fourth-order valence-electron chi connectivity index (χ4n) is 3.29. The van der Waals surface area contributed by atoms with Crippen LogP contribution in [-0.2, 0) is 13.5 Å². The zero-order valence-electron chi connectivity index (χ0n) is 11.2. The fraction of sp³-hybridized carbons (Fsp3) is 0.786. The van der Waals surface area contributed by atoms with E-state index in [4.69, 9.17) is 5.73 Å². The molecule has 17 heavy (non-hydrogen) atoms. The number of rotatable bonds is 5. The number of aromatic nitrogens is 2. The van der Waals surface area contributed by atoms with Gasteiger partial charge in [0, 0.05) is 19.3 Å². The van der Waals surface area contributed by atoms with Crippen LogP contribution < -0.4 is 5.73 Å². The van der Waals surface area contributed by atoms with Crippen LogP contribution in [0, 0.1) is 5.41 Å². The van der Waals surface area contributed by atoms with Crippen molar-refractivity contribution in [2.45, 2.75) is 57.9 Å². The second kappa shape index (κ2) is 5.21. The van der Waals surface area contributed by atoms with Crippen LogP contribution in [0.4, 0.5) is 0 Å². The number of nitrogens with zero attached hydrogens (tertiary/aromatic N) is 2. The molecule has 1 saturated carbocycles. The van der Waals surface area contributed by atoms with Crippen LogP contribution in [0.3, 0.4) is 0 Å². The van der Waals surface area contributed by atoms with Gasteiger partial charge in [0.05, 0.1) is 6.20 Å². The molecule has 0 bridgehead atoms. The largest absolute Gasteiger partial charge is 0.327 e. The minimum Gasteiger partial charge on any atom is -0.327 e. The van der Waals surface area contributed by atoms with Gasteiger partial charge >= 0.3 is 0 Å². The molecule has 1 aromatic heterocycles. The lowest BCUT2D eigenvalue weighted by atomic mass is 9.75. The lowest BCUT2D eigenvalue weighted by Crippen LogP contribution is -2.39. The zero-order chi connectivity index (χ0) is 12.3. The first kappa shape index (κ1) is 12.6. The van der Waals surface area contributed by atoms with Crippen LogP contribution in [0.15, 0.2) is 12.4 Å². The predicted octanol–water partition coefficient (Wildman–Crippen LogP) is 2.65. The van der Waals surface area contributed by atoms with E-state index in [1.54, 1.807) is 0 Å². The highest BCUT2D eigenvalue weighted by atomic mass is 15.2. The Balaban J connectivity index is 1.90. The van der Waals surface area contributed by atoms with Gasteiger partial charge in [-0.05, 0) is 43.1 Å². The molecular weight excluding hydrogens is 210 g/mol. The van der Waals surface area contributed by atoms with Crippen LogP contribution >= 0.6 is 0 Å². The minimum absolute atomic E-state index is 0.357. The third-order valence-corrected chi connectivity index (χ3v) is 4.59.